The summed E-state index contributed by atoms with van der Waals surface area (Å²) in [6, 6.07) is 7.10. The highest BCUT2D eigenvalue weighted by Gasteiger charge is 2.25. The van der Waals surface area contributed by atoms with Crippen LogP contribution in [0.4, 0.5) is 0 Å². The normalized spacial score (nSPS) is 27.9. The van der Waals surface area contributed by atoms with Crippen molar-refractivity contribution in [2.45, 2.75) is 38.5 Å². The summed E-state index contributed by atoms with van der Waals surface area (Å²) in [5.74, 6) is 0.361. The van der Waals surface area contributed by atoms with Gasteiger partial charge in [-0.2, -0.15) is 0 Å². The van der Waals surface area contributed by atoms with Crippen molar-refractivity contribution in [2.75, 3.05) is 13.2 Å². The first-order valence-electron chi connectivity index (χ1n) is 6.81. The molecular formula is C15H21NO4. The third kappa shape index (κ3) is 4.21. The molecule has 5 heteroatoms. The Labute approximate surface area is 119 Å². The van der Waals surface area contributed by atoms with Gasteiger partial charge in [-0.15, -0.1) is 0 Å². The summed E-state index contributed by atoms with van der Waals surface area (Å²) in [4.78, 5) is 11.6. The van der Waals surface area contributed by atoms with Gasteiger partial charge in [-0.05, 0) is 26.0 Å². The van der Waals surface area contributed by atoms with Gasteiger partial charge in [-0.25, -0.2) is 0 Å². The lowest BCUT2D eigenvalue weighted by Gasteiger charge is -2.21. The Hall–Kier alpha value is -1.59. The molecule has 2 unspecified atom stereocenters. The van der Waals surface area contributed by atoms with Crippen LogP contribution in [0, 0.1) is 6.92 Å². The first kappa shape index (κ1) is 14.8. The van der Waals surface area contributed by atoms with Gasteiger partial charge in [0.1, 0.15) is 24.0 Å². The lowest BCUT2D eigenvalue weighted by atomic mass is 10.2. The van der Waals surface area contributed by atoms with E-state index in [1.54, 1.807) is 0 Å². The number of hydrogen-bond donors (Lipinski definition) is 1. The molecule has 1 heterocycles. The maximum Gasteiger partial charge on any atom is 0.325 e. The zero-order valence-electron chi connectivity index (χ0n) is 11.9. The molecule has 110 valence electrons. The standard InChI is InChI=1S/C15H21NO4/c1-10-3-5-12(6-4-10)20-13-7-11(2)19-15(17)14(16)9-18-8-13/h3-6,11,13-14H,7-9,16H2,1-2H3/t11?,13?,14-/m0/s1. The number of carbonyl (C=O) groups is 1. The quantitative estimate of drug-likeness (QED) is 0.829. The second-order valence-electron chi connectivity index (χ2n) is 5.18. The number of rotatable bonds is 2. The second kappa shape index (κ2) is 6.72. The molecule has 1 aliphatic rings. The van der Waals surface area contributed by atoms with E-state index in [0.717, 1.165) is 5.75 Å². The maximum absolute atomic E-state index is 11.6. The molecule has 3 atom stereocenters. The molecule has 0 radical (unpaired) electrons. The molecule has 2 N–H and O–H groups in total. The Balaban J connectivity index is 1.99. The monoisotopic (exact) mass is 279 g/mol. The zero-order chi connectivity index (χ0) is 14.5. The van der Waals surface area contributed by atoms with E-state index in [0.29, 0.717) is 13.0 Å². The lowest BCUT2D eigenvalue weighted by Crippen LogP contribution is -2.37. The molecule has 1 saturated heterocycles. The average Bonchev–Trinajstić information content (AvgIpc) is 2.45. The fourth-order valence-corrected chi connectivity index (χ4v) is 2.06. The Morgan fingerprint density at radius 1 is 1.25 bits per heavy atom. The summed E-state index contributed by atoms with van der Waals surface area (Å²) in [6.45, 7) is 4.40. The number of benzene rings is 1. The SMILES string of the molecule is Cc1ccc(OC2COC[C@H](N)C(=O)OC(C)C2)cc1. The fourth-order valence-electron chi connectivity index (χ4n) is 2.06. The van der Waals surface area contributed by atoms with E-state index in [2.05, 4.69) is 0 Å². The van der Waals surface area contributed by atoms with Crippen LogP contribution in [0.5, 0.6) is 5.75 Å². The number of aryl methyl sites for hydroxylation is 1. The van der Waals surface area contributed by atoms with E-state index in [1.807, 2.05) is 38.1 Å². The number of ether oxygens (including phenoxy) is 3. The van der Waals surface area contributed by atoms with E-state index < -0.39 is 12.0 Å². The van der Waals surface area contributed by atoms with Gasteiger partial charge in [0.2, 0.25) is 0 Å². The van der Waals surface area contributed by atoms with Gasteiger partial charge in [0.25, 0.3) is 0 Å². The highest BCUT2D eigenvalue weighted by Crippen LogP contribution is 2.17. The van der Waals surface area contributed by atoms with E-state index in [4.69, 9.17) is 19.9 Å². The summed E-state index contributed by atoms with van der Waals surface area (Å²) >= 11 is 0. The van der Waals surface area contributed by atoms with Crippen LogP contribution in [0.2, 0.25) is 0 Å². The first-order chi connectivity index (χ1) is 9.54. The third-order valence-corrected chi connectivity index (χ3v) is 3.14. The third-order valence-electron chi connectivity index (χ3n) is 3.14. The van der Waals surface area contributed by atoms with E-state index in [9.17, 15) is 4.79 Å². The topological polar surface area (TPSA) is 70.8 Å². The summed E-state index contributed by atoms with van der Waals surface area (Å²) in [5, 5.41) is 0. The van der Waals surface area contributed by atoms with Crippen molar-refractivity contribution >= 4 is 5.97 Å². The molecular weight excluding hydrogens is 258 g/mol. The number of nitrogens with two attached hydrogens (primary N) is 1. The molecule has 0 aliphatic carbocycles. The fraction of sp³-hybridized carbons (Fsp3) is 0.533. The van der Waals surface area contributed by atoms with Crippen LogP contribution >= 0.6 is 0 Å². The van der Waals surface area contributed by atoms with Crippen LogP contribution in [0.3, 0.4) is 0 Å². The summed E-state index contributed by atoms with van der Waals surface area (Å²) in [5.41, 5.74) is 6.83. The molecule has 5 nitrogen and oxygen atoms in total. The minimum absolute atomic E-state index is 0.152. The van der Waals surface area contributed by atoms with Crippen LogP contribution in [0.1, 0.15) is 18.9 Å². The zero-order valence-corrected chi connectivity index (χ0v) is 11.9. The van der Waals surface area contributed by atoms with Crippen molar-refractivity contribution in [2.24, 2.45) is 5.73 Å². The van der Waals surface area contributed by atoms with E-state index in [1.165, 1.54) is 5.56 Å². The van der Waals surface area contributed by atoms with E-state index in [-0.39, 0.29) is 18.8 Å². The molecule has 0 aromatic heterocycles. The van der Waals surface area contributed by atoms with Crippen molar-refractivity contribution < 1.29 is 19.0 Å². The van der Waals surface area contributed by atoms with Crippen molar-refractivity contribution in [3.05, 3.63) is 29.8 Å². The van der Waals surface area contributed by atoms with Gasteiger partial charge in [-0.3, -0.25) is 4.79 Å². The van der Waals surface area contributed by atoms with Gasteiger partial charge in [-0.1, -0.05) is 17.7 Å². The smallest absolute Gasteiger partial charge is 0.325 e. The largest absolute Gasteiger partial charge is 0.488 e. The molecule has 2 rings (SSSR count). The van der Waals surface area contributed by atoms with E-state index >= 15 is 0 Å². The molecule has 0 spiro atoms. The molecule has 1 fully saturated rings. The molecule has 0 amide bonds. The predicted molar refractivity (Wildman–Crippen MR) is 74.6 cm³/mol. The number of hydrogen-bond acceptors (Lipinski definition) is 5. The summed E-state index contributed by atoms with van der Waals surface area (Å²) in [7, 11) is 0. The Kier molecular flexibility index (Phi) is 4.98. The molecule has 1 aromatic rings. The first-order valence-corrected chi connectivity index (χ1v) is 6.81. The van der Waals surface area contributed by atoms with Crippen molar-refractivity contribution in [3.8, 4) is 5.75 Å². The van der Waals surface area contributed by atoms with Gasteiger partial charge >= 0.3 is 5.97 Å². The molecule has 0 saturated carbocycles. The minimum atomic E-state index is -0.726. The van der Waals surface area contributed by atoms with Crippen LogP contribution in [0.25, 0.3) is 0 Å². The van der Waals surface area contributed by atoms with Gasteiger partial charge in [0.15, 0.2) is 0 Å². The highest BCUT2D eigenvalue weighted by molar-refractivity contribution is 5.75. The van der Waals surface area contributed by atoms with Gasteiger partial charge in [0, 0.05) is 6.42 Å². The Morgan fingerprint density at radius 2 is 1.95 bits per heavy atom. The average molecular weight is 279 g/mol. The van der Waals surface area contributed by atoms with Crippen LogP contribution < -0.4 is 10.5 Å². The van der Waals surface area contributed by atoms with Crippen molar-refractivity contribution in [3.63, 3.8) is 0 Å². The van der Waals surface area contributed by atoms with Crippen LogP contribution in [-0.2, 0) is 14.3 Å². The number of carbonyl (C=O) groups excluding carboxylic acids is 1. The number of cyclic esters (lactones) is 1. The Bertz CT molecular complexity index is 446. The summed E-state index contributed by atoms with van der Waals surface area (Å²) in [6.07, 6.45) is 0.170. The second-order valence-corrected chi connectivity index (χ2v) is 5.18. The van der Waals surface area contributed by atoms with Gasteiger partial charge < -0.3 is 19.9 Å². The number of esters is 1. The Morgan fingerprint density at radius 3 is 2.65 bits per heavy atom. The highest BCUT2D eigenvalue weighted by atomic mass is 16.6. The van der Waals surface area contributed by atoms with Gasteiger partial charge in [0.05, 0.1) is 13.2 Å². The lowest BCUT2D eigenvalue weighted by molar-refractivity contribution is -0.150. The van der Waals surface area contributed by atoms with Crippen molar-refractivity contribution in [1.29, 1.82) is 0 Å². The molecule has 20 heavy (non-hydrogen) atoms. The van der Waals surface area contributed by atoms with Crippen molar-refractivity contribution in [1.82, 2.24) is 0 Å². The van der Waals surface area contributed by atoms with Crippen LogP contribution in [-0.4, -0.2) is 37.4 Å². The predicted octanol–water partition coefficient (Wildman–Crippen LogP) is 1.42. The molecule has 1 aliphatic heterocycles. The molecule has 0 bridgehead atoms. The maximum atomic E-state index is 11.6. The molecule has 1 aromatic carbocycles. The van der Waals surface area contributed by atoms with Crippen LogP contribution in [0.15, 0.2) is 24.3 Å². The summed E-state index contributed by atoms with van der Waals surface area (Å²) < 4.78 is 16.6. The minimum Gasteiger partial charge on any atom is -0.488 e.